The lowest BCUT2D eigenvalue weighted by Crippen LogP contribution is -3.05. The second-order valence-electron chi connectivity index (χ2n) is 6.68. The predicted molar refractivity (Wildman–Crippen MR) is 107 cm³/mol. The van der Waals surface area contributed by atoms with E-state index in [1.165, 1.54) is 16.2 Å². The molecule has 6 nitrogen and oxygen atoms in total. The second-order valence-corrected chi connectivity index (χ2v) is 9.50. The van der Waals surface area contributed by atoms with Crippen LogP contribution in [0.4, 0.5) is 5.88 Å². The quantitative estimate of drug-likeness (QED) is 0.562. The molecule has 27 heavy (non-hydrogen) atoms. The monoisotopic (exact) mass is 406 g/mol. The molecule has 0 aliphatic rings. The normalized spacial score (nSPS) is 11.9. The summed E-state index contributed by atoms with van der Waals surface area (Å²) in [5.41, 5.74) is 0.998. The third-order valence-corrected chi connectivity index (χ3v) is 6.59. The van der Waals surface area contributed by atoms with Crippen LogP contribution in [-0.4, -0.2) is 40.6 Å². The lowest BCUT2D eigenvalue weighted by molar-refractivity contribution is -0.858. The first kappa shape index (κ1) is 19.6. The number of benzene rings is 1. The Morgan fingerprint density at radius 3 is 2.56 bits per heavy atom. The Hall–Kier alpha value is -2.16. The molecule has 0 aliphatic carbocycles. The molecule has 0 saturated carbocycles. The first-order chi connectivity index (χ1) is 12.9. The Kier molecular flexibility index (Phi) is 5.98. The molecule has 0 bridgehead atoms. The molecule has 3 aromatic rings. The molecule has 0 atom stereocenters. The third-order valence-electron chi connectivity index (χ3n) is 4.05. The maximum absolute atomic E-state index is 13.1. The fourth-order valence-corrected chi connectivity index (χ4v) is 4.51. The fourth-order valence-electron chi connectivity index (χ4n) is 2.58. The van der Waals surface area contributed by atoms with E-state index in [2.05, 4.69) is 24.4 Å². The van der Waals surface area contributed by atoms with Crippen LogP contribution in [0, 0.1) is 6.92 Å². The Labute approximate surface area is 163 Å². The van der Waals surface area contributed by atoms with Gasteiger partial charge < -0.3 is 14.6 Å². The summed E-state index contributed by atoms with van der Waals surface area (Å²) in [5.74, 6) is 0.518. The first-order valence-electron chi connectivity index (χ1n) is 8.77. The minimum atomic E-state index is -3.78. The molecule has 1 aromatic carbocycles. The van der Waals surface area contributed by atoms with E-state index in [-0.39, 0.29) is 15.8 Å². The van der Waals surface area contributed by atoms with Gasteiger partial charge in [0.1, 0.15) is 0 Å². The average Bonchev–Trinajstić information content (AvgIpc) is 3.28. The molecule has 8 heteroatoms. The third kappa shape index (κ3) is 4.58. The summed E-state index contributed by atoms with van der Waals surface area (Å²) in [6, 6.07) is 10.5. The first-order valence-corrected chi connectivity index (χ1v) is 11.1. The zero-order valence-corrected chi connectivity index (χ0v) is 17.3. The molecule has 0 spiro atoms. The number of aryl methyl sites for hydroxylation is 1. The van der Waals surface area contributed by atoms with E-state index < -0.39 is 9.84 Å². The average molecular weight is 407 g/mol. The van der Waals surface area contributed by atoms with Crippen molar-refractivity contribution in [2.45, 2.75) is 23.3 Å². The number of oxazole rings is 1. The highest BCUT2D eigenvalue weighted by atomic mass is 32.2. The number of thiophene rings is 1. The van der Waals surface area contributed by atoms with Crippen molar-refractivity contribution in [2.24, 2.45) is 0 Å². The maximum atomic E-state index is 13.1. The van der Waals surface area contributed by atoms with Crippen LogP contribution in [0.1, 0.15) is 12.0 Å². The van der Waals surface area contributed by atoms with E-state index in [0.29, 0.717) is 12.4 Å². The van der Waals surface area contributed by atoms with Gasteiger partial charge in [0, 0.05) is 13.0 Å². The van der Waals surface area contributed by atoms with Gasteiger partial charge in [-0.3, -0.25) is 0 Å². The number of rotatable bonds is 8. The Balaban J connectivity index is 1.95. The number of nitrogens with one attached hydrogen (secondary N) is 2. The second kappa shape index (κ2) is 8.24. The predicted octanol–water partition coefficient (Wildman–Crippen LogP) is 2.49. The highest BCUT2D eigenvalue weighted by Gasteiger charge is 2.28. The van der Waals surface area contributed by atoms with E-state index in [1.807, 2.05) is 24.4 Å². The Morgan fingerprint density at radius 2 is 1.93 bits per heavy atom. The lowest BCUT2D eigenvalue weighted by Gasteiger charge is -2.08. The number of hydrogen-bond acceptors (Lipinski definition) is 6. The van der Waals surface area contributed by atoms with Gasteiger partial charge in [0.05, 0.1) is 30.4 Å². The van der Waals surface area contributed by atoms with Gasteiger partial charge in [0.15, 0.2) is 0 Å². The van der Waals surface area contributed by atoms with Crippen molar-refractivity contribution in [1.82, 2.24) is 4.98 Å². The number of nitrogens with zero attached hydrogens (tertiary/aromatic N) is 1. The van der Waals surface area contributed by atoms with Gasteiger partial charge in [-0.2, -0.15) is 4.98 Å². The van der Waals surface area contributed by atoms with Crippen molar-refractivity contribution < 1.29 is 17.7 Å². The van der Waals surface area contributed by atoms with Crippen LogP contribution in [0.3, 0.4) is 0 Å². The standard InChI is InChI=1S/C19H23N3O3S2/c1-14-7-9-15(10-8-14)27(23,24)19-18(20-11-5-12-22(2)3)25-17(21-19)16-6-4-13-26-16/h4,6-10,13,20H,5,11-12H2,1-3H3/p+1. The molecular weight excluding hydrogens is 382 g/mol. The van der Waals surface area contributed by atoms with Crippen molar-refractivity contribution in [3.8, 4) is 10.8 Å². The van der Waals surface area contributed by atoms with Crippen LogP contribution < -0.4 is 10.2 Å². The van der Waals surface area contributed by atoms with Crippen molar-refractivity contribution in [2.75, 3.05) is 32.5 Å². The van der Waals surface area contributed by atoms with E-state index in [1.54, 1.807) is 24.3 Å². The molecule has 0 fully saturated rings. The molecule has 2 heterocycles. The summed E-state index contributed by atoms with van der Waals surface area (Å²) in [6.45, 7) is 3.50. The highest BCUT2D eigenvalue weighted by molar-refractivity contribution is 7.91. The minimum absolute atomic E-state index is 0.0630. The molecule has 0 amide bonds. The fraction of sp³-hybridized carbons (Fsp3) is 0.316. The van der Waals surface area contributed by atoms with Crippen molar-refractivity contribution in [3.05, 3.63) is 47.3 Å². The van der Waals surface area contributed by atoms with E-state index >= 15 is 0 Å². The SMILES string of the molecule is Cc1ccc(S(=O)(=O)c2nc(-c3cccs3)oc2NCCC[NH+](C)C)cc1. The van der Waals surface area contributed by atoms with Crippen LogP contribution in [-0.2, 0) is 9.84 Å². The number of anilines is 1. The summed E-state index contributed by atoms with van der Waals surface area (Å²) in [4.78, 5) is 6.66. The summed E-state index contributed by atoms with van der Waals surface area (Å²) in [7, 11) is 0.382. The molecule has 2 N–H and O–H groups in total. The number of aromatic nitrogens is 1. The Bertz CT molecular complexity index is 976. The number of hydrogen-bond donors (Lipinski definition) is 2. The Morgan fingerprint density at radius 1 is 1.19 bits per heavy atom. The van der Waals surface area contributed by atoms with E-state index in [4.69, 9.17) is 4.42 Å². The van der Waals surface area contributed by atoms with E-state index in [0.717, 1.165) is 23.4 Å². The van der Waals surface area contributed by atoms with Gasteiger partial charge in [-0.15, -0.1) is 11.3 Å². The number of sulfone groups is 1. The van der Waals surface area contributed by atoms with Gasteiger partial charge in [-0.1, -0.05) is 23.8 Å². The molecule has 2 aromatic heterocycles. The van der Waals surface area contributed by atoms with Gasteiger partial charge in [0.25, 0.3) is 0 Å². The lowest BCUT2D eigenvalue weighted by atomic mass is 10.2. The zero-order chi connectivity index (χ0) is 19.4. The van der Waals surface area contributed by atoms with Gasteiger partial charge in [-0.25, -0.2) is 8.42 Å². The summed E-state index contributed by atoms with van der Waals surface area (Å²) in [6.07, 6.45) is 0.890. The van der Waals surface area contributed by atoms with Gasteiger partial charge in [-0.05, 0) is 30.5 Å². The van der Waals surface area contributed by atoms with Crippen LogP contribution >= 0.6 is 11.3 Å². The summed E-state index contributed by atoms with van der Waals surface area (Å²) >= 11 is 1.46. The molecular formula is C19H24N3O3S2+. The number of quaternary nitrogens is 1. The molecule has 0 radical (unpaired) electrons. The van der Waals surface area contributed by atoms with Crippen LogP contribution in [0.25, 0.3) is 10.8 Å². The molecule has 0 saturated heterocycles. The van der Waals surface area contributed by atoms with Gasteiger partial charge >= 0.3 is 0 Å². The smallest absolute Gasteiger partial charge is 0.240 e. The van der Waals surface area contributed by atoms with Crippen LogP contribution in [0.15, 0.2) is 56.1 Å². The molecule has 144 valence electrons. The molecule has 0 aliphatic heterocycles. The van der Waals surface area contributed by atoms with Crippen LogP contribution in [0.2, 0.25) is 0 Å². The summed E-state index contributed by atoms with van der Waals surface area (Å²) < 4.78 is 32.1. The maximum Gasteiger partial charge on any atom is 0.240 e. The van der Waals surface area contributed by atoms with Gasteiger partial charge in [0.2, 0.25) is 26.6 Å². The molecule has 3 rings (SSSR count). The van der Waals surface area contributed by atoms with Crippen molar-refractivity contribution in [1.29, 1.82) is 0 Å². The van der Waals surface area contributed by atoms with Crippen LogP contribution in [0.5, 0.6) is 0 Å². The zero-order valence-electron chi connectivity index (χ0n) is 15.7. The van der Waals surface area contributed by atoms with Crippen molar-refractivity contribution >= 4 is 27.1 Å². The minimum Gasteiger partial charge on any atom is -0.418 e. The highest BCUT2D eigenvalue weighted by Crippen LogP contribution is 2.34. The largest absolute Gasteiger partial charge is 0.418 e. The summed E-state index contributed by atoms with van der Waals surface area (Å²) in [5, 5.41) is 4.96. The van der Waals surface area contributed by atoms with E-state index in [9.17, 15) is 8.42 Å². The topological polar surface area (TPSA) is 76.6 Å². The van der Waals surface area contributed by atoms with Crippen molar-refractivity contribution in [3.63, 3.8) is 0 Å². The molecule has 0 unspecified atom stereocenters.